The van der Waals surface area contributed by atoms with Crippen LogP contribution in [0.3, 0.4) is 0 Å². The van der Waals surface area contributed by atoms with Gasteiger partial charge in [-0.05, 0) is 30.5 Å². The van der Waals surface area contributed by atoms with Gasteiger partial charge < -0.3 is 5.73 Å². The van der Waals surface area contributed by atoms with E-state index >= 15 is 0 Å². The molecule has 3 N–H and O–H groups in total. The Kier molecular flexibility index (Phi) is 7.98. The number of rotatable bonds is 6. The van der Waals surface area contributed by atoms with Gasteiger partial charge in [-0.1, -0.05) is 25.4 Å². The molecule has 0 saturated heterocycles. The first-order chi connectivity index (χ1) is 8.76. The second-order valence-electron chi connectivity index (χ2n) is 4.76. The van der Waals surface area contributed by atoms with E-state index in [0.717, 1.165) is 12.1 Å². The van der Waals surface area contributed by atoms with Crippen molar-refractivity contribution in [2.75, 3.05) is 6.54 Å². The highest BCUT2D eigenvalue weighted by Gasteiger charge is 2.22. The molecule has 1 aromatic carbocycles. The third kappa shape index (κ3) is 5.54. The highest BCUT2D eigenvalue weighted by Crippen LogP contribution is 2.22. The van der Waals surface area contributed by atoms with Crippen LogP contribution in [0.1, 0.15) is 20.3 Å². The SMILES string of the molecule is CC(C)CC(CN)NS(=O)(=O)c1cc(F)ccc1Cl.Cl. The summed E-state index contributed by atoms with van der Waals surface area (Å²) in [6.07, 6.45) is 0.600. The number of hydrogen-bond acceptors (Lipinski definition) is 3. The molecule has 0 amide bonds. The quantitative estimate of drug-likeness (QED) is 0.832. The predicted octanol–water partition coefficient (Wildman–Crippen LogP) is 2.55. The summed E-state index contributed by atoms with van der Waals surface area (Å²) < 4.78 is 39.9. The standard InChI is InChI=1S/C12H18ClFN2O2S.ClH/c1-8(2)5-10(7-15)16-19(17,18)12-6-9(14)3-4-11(12)13;/h3-4,6,8,10,16H,5,7,15H2,1-2H3;1H. The van der Waals surface area contributed by atoms with Crippen LogP contribution in [-0.2, 0) is 10.0 Å². The van der Waals surface area contributed by atoms with Crippen molar-refractivity contribution in [3.8, 4) is 0 Å². The molecule has 0 spiro atoms. The summed E-state index contributed by atoms with van der Waals surface area (Å²) in [5.74, 6) is -0.364. The third-order valence-electron chi connectivity index (χ3n) is 2.55. The van der Waals surface area contributed by atoms with Gasteiger partial charge in [0.1, 0.15) is 10.7 Å². The molecule has 1 rings (SSSR count). The maximum atomic E-state index is 13.1. The molecule has 0 aliphatic rings. The van der Waals surface area contributed by atoms with Crippen molar-refractivity contribution >= 4 is 34.0 Å². The van der Waals surface area contributed by atoms with Gasteiger partial charge in [-0.25, -0.2) is 17.5 Å². The number of halogens is 3. The Balaban J connectivity index is 0.00000361. The lowest BCUT2D eigenvalue weighted by molar-refractivity contribution is 0.465. The smallest absolute Gasteiger partial charge is 0.242 e. The van der Waals surface area contributed by atoms with E-state index in [1.165, 1.54) is 6.07 Å². The Morgan fingerprint density at radius 3 is 2.50 bits per heavy atom. The Morgan fingerprint density at radius 1 is 1.40 bits per heavy atom. The van der Waals surface area contributed by atoms with E-state index in [0.29, 0.717) is 12.3 Å². The zero-order valence-electron chi connectivity index (χ0n) is 11.3. The van der Waals surface area contributed by atoms with Crippen LogP contribution in [0, 0.1) is 11.7 Å². The van der Waals surface area contributed by atoms with Crippen molar-refractivity contribution in [2.24, 2.45) is 11.7 Å². The highest BCUT2D eigenvalue weighted by molar-refractivity contribution is 7.89. The van der Waals surface area contributed by atoms with Crippen molar-refractivity contribution in [3.05, 3.63) is 29.0 Å². The van der Waals surface area contributed by atoms with Crippen molar-refractivity contribution in [1.29, 1.82) is 0 Å². The average Bonchev–Trinajstić information content (AvgIpc) is 2.30. The summed E-state index contributed by atoms with van der Waals surface area (Å²) in [7, 11) is -3.87. The molecule has 0 aromatic heterocycles. The molecule has 0 radical (unpaired) electrons. The fraction of sp³-hybridized carbons (Fsp3) is 0.500. The molecule has 8 heteroatoms. The summed E-state index contributed by atoms with van der Waals surface area (Å²) in [5, 5.41) is -0.0192. The maximum Gasteiger partial charge on any atom is 0.242 e. The van der Waals surface area contributed by atoms with Crippen molar-refractivity contribution in [3.63, 3.8) is 0 Å². The Labute approximate surface area is 130 Å². The van der Waals surface area contributed by atoms with Gasteiger partial charge >= 0.3 is 0 Å². The minimum atomic E-state index is -3.87. The molecule has 0 heterocycles. The maximum absolute atomic E-state index is 13.1. The van der Waals surface area contributed by atoms with Crippen molar-refractivity contribution in [1.82, 2.24) is 4.72 Å². The zero-order chi connectivity index (χ0) is 14.6. The fourth-order valence-corrected chi connectivity index (χ4v) is 3.50. The number of hydrogen-bond donors (Lipinski definition) is 2. The van der Waals surface area contributed by atoms with Crippen LogP contribution < -0.4 is 10.5 Å². The first-order valence-corrected chi connectivity index (χ1v) is 7.80. The van der Waals surface area contributed by atoms with Crippen LogP contribution in [0.5, 0.6) is 0 Å². The van der Waals surface area contributed by atoms with Crippen LogP contribution in [-0.4, -0.2) is 21.0 Å². The predicted molar refractivity (Wildman–Crippen MR) is 81.3 cm³/mol. The fourth-order valence-electron chi connectivity index (χ4n) is 1.73. The largest absolute Gasteiger partial charge is 0.329 e. The molecular formula is C12H19Cl2FN2O2S. The van der Waals surface area contributed by atoms with Gasteiger partial charge in [-0.15, -0.1) is 12.4 Å². The second-order valence-corrected chi connectivity index (χ2v) is 6.85. The molecule has 0 fully saturated rings. The molecule has 0 aliphatic carbocycles. The minimum absolute atomic E-state index is 0. The minimum Gasteiger partial charge on any atom is -0.329 e. The van der Waals surface area contributed by atoms with Crippen LogP contribution in [0.4, 0.5) is 4.39 Å². The molecule has 1 atom stereocenters. The van der Waals surface area contributed by atoms with Gasteiger partial charge in [0.2, 0.25) is 10.0 Å². The summed E-state index contributed by atoms with van der Waals surface area (Å²) in [4.78, 5) is -0.267. The van der Waals surface area contributed by atoms with Gasteiger partial charge in [0, 0.05) is 12.6 Å². The van der Waals surface area contributed by atoms with Crippen molar-refractivity contribution in [2.45, 2.75) is 31.2 Å². The molecule has 1 aromatic rings. The number of sulfonamides is 1. The van der Waals surface area contributed by atoms with E-state index in [1.54, 1.807) is 0 Å². The normalized spacial score (nSPS) is 13.1. The summed E-state index contributed by atoms with van der Waals surface area (Å²) in [6.45, 7) is 4.10. The molecular weight excluding hydrogens is 326 g/mol. The van der Waals surface area contributed by atoms with Crippen LogP contribution in [0.25, 0.3) is 0 Å². The molecule has 116 valence electrons. The Hall–Kier alpha value is -0.400. The molecule has 4 nitrogen and oxygen atoms in total. The van der Waals surface area contributed by atoms with E-state index < -0.39 is 21.9 Å². The lowest BCUT2D eigenvalue weighted by Gasteiger charge is -2.19. The van der Waals surface area contributed by atoms with E-state index in [-0.39, 0.29) is 28.9 Å². The second kappa shape index (κ2) is 8.14. The molecule has 20 heavy (non-hydrogen) atoms. The van der Waals surface area contributed by atoms with E-state index in [2.05, 4.69) is 4.72 Å². The van der Waals surface area contributed by atoms with Crippen LogP contribution in [0.15, 0.2) is 23.1 Å². The number of nitrogens with two attached hydrogens (primary N) is 1. The monoisotopic (exact) mass is 344 g/mol. The van der Waals surface area contributed by atoms with E-state index in [4.69, 9.17) is 17.3 Å². The third-order valence-corrected chi connectivity index (χ3v) is 4.55. The summed E-state index contributed by atoms with van der Waals surface area (Å²) >= 11 is 5.80. The zero-order valence-corrected chi connectivity index (χ0v) is 13.7. The van der Waals surface area contributed by atoms with Gasteiger partial charge in [0.15, 0.2) is 0 Å². The van der Waals surface area contributed by atoms with Gasteiger partial charge in [-0.3, -0.25) is 0 Å². The van der Waals surface area contributed by atoms with Crippen LogP contribution >= 0.6 is 24.0 Å². The Morgan fingerprint density at radius 2 is 2.00 bits per heavy atom. The lowest BCUT2D eigenvalue weighted by Crippen LogP contribution is -2.41. The molecule has 0 bridgehead atoms. The van der Waals surface area contributed by atoms with E-state index in [1.807, 2.05) is 13.8 Å². The number of benzene rings is 1. The van der Waals surface area contributed by atoms with E-state index in [9.17, 15) is 12.8 Å². The van der Waals surface area contributed by atoms with Crippen LogP contribution in [0.2, 0.25) is 5.02 Å². The first kappa shape index (κ1) is 19.6. The molecule has 1 unspecified atom stereocenters. The number of nitrogens with one attached hydrogen (secondary N) is 1. The topological polar surface area (TPSA) is 72.2 Å². The lowest BCUT2D eigenvalue weighted by atomic mass is 10.1. The van der Waals surface area contributed by atoms with Crippen molar-refractivity contribution < 1.29 is 12.8 Å². The first-order valence-electron chi connectivity index (χ1n) is 5.93. The molecule has 0 saturated carbocycles. The molecule has 0 aliphatic heterocycles. The van der Waals surface area contributed by atoms with Gasteiger partial charge in [0.25, 0.3) is 0 Å². The summed E-state index contributed by atoms with van der Waals surface area (Å²) in [5.41, 5.74) is 5.54. The summed E-state index contributed by atoms with van der Waals surface area (Å²) in [6, 6.07) is 2.82. The van der Waals surface area contributed by atoms with Gasteiger partial charge in [0.05, 0.1) is 5.02 Å². The van der Waals surface area contributed by atoms with Gasteiger partial charge in [-0.2, -0.15) is 0 Å². The highest BCUT2D eigenvalue weighted by atomic mass is 35.5. The average molecular weight is 345 g/mol. The Bertz CT molecular complexity index is 538.